The second-order valence-electron chi connectivity index (χ2n) is 9.34. The number of nitrogens with one attached hydrogen (secondary N) is 2. The summed E-state index contributed by atoms with van der Waals surface area (Å²) < 4.78 is 1.89. The average Bonchev–Trinajstić information content (AvgIpc) is 3.35. The zero-order valence-electron chi connectivity index (χ0n) is 19.6. The Morgan fingerprint density at radius 2 is 2.06 bits per heavy atom. The van der Waals surface area contributed by atoms with Gasteiger partial charge in [-0.15, -0.1) is 0 Å². The van der Waals surface area contributed by atoms with Crippen molar-refractivity contribution in [3.63, 3.8) is 0 Å². The summed E-state index contributed by atoms with van der Waals surface area (Å²) in [5, 5.41) is 16.2. The van der Waals surface area contributed by atoms with Crippen LogP contribution in [0.25, 0.3) is 5.69 Å². The molecule has 1 aromatic carbocycles. The second kappa shape index (κ2) is 8.73. The van der Waals surface area contributed by atoms with Crippen molar-refractivity contribution < 1.29 is 4.79 Å². The molecule has 0 bridgehead atoms. The van der Waals surface area contributed by atoms with E-state index >= 15 is 0 Å². The first-order valence-electron chi connectivity index (χ1n) is 11.3. The molecule has 2 aromatic heterocycles. The number of H-pyrrole nitrogens is 1. The Bertz CT molecular complexity index is 1140. The van der Waals surface area contributed by atoms with Gasteiger partial charge in [0.05, 0.1) is 23.3 Å². The molecule has 7 heteroatoms. The predicted octanol–water partition coefficient (Wildman–Crippen LogP) is 4.52. The topological polar surface area (TPSA) is 88.0 Å². The lowest BCUT2D eigenvalue weighted by Gasteiger charge is -2.36. The molecule has 1 aliphatic carbocycles. The third-order valence-electron chi connectivity index (χ3n) is 7.09. The second-order valence-corrected chi connectivity index (χ2v) is 9.34. The molecule has 1 atom stereocenters. The number of fused-ring (bicyclic) bond motifs is 1. The lowest BCUT2D eigenvalue weighted by Crippen LogP contribution is -2.30. The van der Waals surface area contributed by atoms with Crippen LogP contribution in [0.2, 0.25) is 0 Å². The molecule has 0 aliphatic heterocycles. The molecule has 4 rings (SSSR count). The summed E-state index contributed by atoms with van der Waals surface area (Å²) in [4.78, 5) is 12.9. The molecule has 0 fully saturated rings. The zero-order valence-corrected chi connectivity index (χ0v) is 19.6. The number of carbonyl (C=O) groups is 1. The molecule has 3 aromatic rings. The van der Waals surface area contributed by atoms with Gasteiger partial charge in [0, 0.05) is 16.8 Å². The summed E-state index contributed by atoms with van der Waals surface area (Å²) in [6, 6.07) is 9.96. The fraction of sp³-hybridized carbons (Fsp3) is 0.440. The molecule has 0 saturated heterocycles. The van der Waals surface area contributed by atoms with Gasteiger partial charge in [-0.3, -0.25) is 9.89 Å². The van der Waals surface area contributed by atoms with Crippen LogP contribution in [-0.2, 0) is 12.8 Å². The Hall–Kier alpha value is -3.22. The fourth-order valence-electron chi connectivity index (χ4n) is 4.51. The Morgan fingerprint density at radius 1 is 1.31 bits per heavy atom. The van der Waals surface area contributed by atoms with Crippen molar-refractivity contribution in [2.45, 2.75) is 60.3 Å². The number of hydrogen-bond donors (Lipinski definition) is 2. The number of rotatable bonds is 6. The van der Waals surface area contributed by atoms with Crippen molar-refractivity contribution in [1.82, 2.24) is 25.4 Å². The van der Waals surface area contributed by atoms with E-state index in [-0.39, 0.29) is 11.3 Å². The number of para-hydroxylation sites is 1. The Labute approximate surface area is 189 Å². The van der Waals surface area contributed by atoms with Crippen molar-refractivity contribution in [1.29, 1.82) is 0 Å². The van der Waals surface area contributed by atoms with E-state index in [4.69, 9.17) is 0 Å². The molecular weight excluding hydrogens is 400 g/mol. The maximum atomic E-state index is 12.9. The lowest BCUT2D eigenvalue weighted by atomic mass is 9.69. The van der Waals surface area contributed by atoms with Crippen molar-refractivity contribution in [3.05, 3.63) is 64.2 Å². The number of aromatic nitrogens is 4. The van der Waals surface area contributed by atoms with Gasteiger partial charge in [-0.25, -0.2) is 10.1 Å². The molecule has 1 unspecified atom stereocenters. The zero-order chi connectivity index (χ0) is 22.9. The van der Waals surface area contributed by atoms with Gasteiger partial charge in [0.25, 0.3) is 5.91 Å². The number of benzene rings is 1. The van der Waals surface area contributed by atoms with Gasteiger partial charge in [0.2, 0.25) is 0 Å². The number of amides is 1. The van der Waals surface area contributed by atoms with Crippen LogP contribution in [-0.4, -0.2) is 32.1 Å². The minimum Gasteiger partial charge on any atom is -0.281 e. The first kappa shape index (κ1) is 22.0. The van der Waals surface area contributed by atoms with E-state index in [0.717, 1.165) is 59.6 Å². The summed E-state index contributed by atoms with van der Waals surface area (Å²) in [7, 11) is 0. The van der Waals surface area contributed by atoms with Gasteiger partial charge in [0.15, 0.2) is 5.69 Å². The number of hydrazone groups is 1. The molecule has 2 heterocycles. The maximum Gasteiger partial charge on any atom is 0.292 e. The Morgan fingerprint density at radius 3 is 2.78 bits per heavy atom. The lowest BCUT2D eigenvalue weighted by molar-refractivity contribution is 0.0947. The van der Waals surface area contributed by atoms with Crippen LogP contribution in [0.4, 0.5) is 0 Å². The fourth-order valence-corrected chi connectivity index (χ4v) is 4.51. The standard InChI is InChI=1S/C25H32N6O/c1-6-25(4,5)18-12-13-22-20(14-18)23(28-27-22)24(32)29-26-15-21-16(2)30-31(17(21)3)19-10-8-7-9-11-19/h7-11,15,18H,6,12-14H2,1-5H3,(H,27,28)(H,29,32)/b26-15+. The van der Waals surface area contributed by atoms with E-state index in [1.807, 2.05) is 48.9 Å². The highest BCUT2D eigenvalue weighted by Gasteiger charge is 2.34. The highest BCUT2D eigenvalue weighted by molar-refractivity contribution is 5.95. The molecular formula is C25H32N6O. The van der Waals surface area contributed by atoms with Crippen LogP contribution in [0.5, 0.6) is 0 Å². The third-order valence-corrected chi connectivity index (χ3v) is 7.09. The molecule has 2 N–H and O–H groups in total. The van der Waals surface area contributed by atoms with Crippen molar-refractivity contribution >= 4 is 12.1 Å². The molecule has 0 spiro atoms. The summed E-state index contributed by atoms with van der Waals surface area (Å²) in [6.07, 6.45) is 5.72. The Kier molecular flexibility index (Phi) is 6.00. The molecule has 1 amide bonds. The molecule has 0 saturated carbocycles. The largest absolute Gasteiger partial charge is 0.292 e. The molecule has 7 nitrogen and oxygen atoms in total. The summed E-state index contributed by atoms with van der Waals surface area (Å²) in [5.41, 5.74) is 9.19. The van der Waals surface area contributed by atoms with E-state index < -0.39 is 0 Å². The minimum atomic E-state index is -0.278. The minimum absolute atomic E-state index is 0.245. The third kappa shape index (κ3) is 4.11. The maximum absolute atomic E-state index is 12.9. The Balaban J connectivity index is 1.49. The number of carbonyl (C=O) groups excluding carboxylic acids is 1. The van der Waals surface area contributed by atoms with Gasteiger partial charge in [-0.2, -0.15) is 15.3 Å². The van der Waals surface area contributed by atoms with Crippen LogP contribution in [0.3, 0.4) is 0 Å². The van der Waals surface area contributed by atoms with Crippen molar-refractivity contribution in [2.75, 3.05) is 0 Å². The first-order chi connectivity index (χ1) is 15.3. The number of aromatic amines is 1. The van der Waals surface area contributed by atoms with Crippen LogP contribution in [0, 0.1) is 25.2 Å². The van der Waals surface area contributed by atoms with Gasteiger partial charge in [-0.1, -0.05) is 45.4 Å². The molecule has 168 valence electrons. The summed E-state index contributed by atoms with van der Waals surface area (Å²) >= 11 is 0. The van der Waals surface area contributed by atoms with E-state index in [9.17, 15) is 4.79 Å². The normalized spacial score (nSPS) is 16.3. The average molecular weight is 433 g/mol. The highest BCUT2D eigenvalue weighted by atomic mass is 16.2. The van der Waals surface area contributed by atoms with Gasteiger partial charge in [0.1, 0.15) is 0 Å². The van der Waals surface area contributed by atoms with Gasteiger partial charge in [-0.05, 0) is 56.6 Å². The number of nitrogens with zero attached hydrogens (tertiary/aromatic N) is 4. The van der Waals surface area contributed by atoms with E-state index in [2.05, 4.69) is 46.6 Å². The van der Waals surface area contributed by atoms with E-state index in [0.29, 0.717) is 11.6 Å². The van der Waals surface area contributed by atoms with Crippen LogP contribution in [0.1, 0.15) is 72.3 Å². The van der Waals surface area contributed by atoms with Crippen LogP contribution in [0.15, 0.2) is 35.4 Å². The summed E-state index contributed by atoms with van der Waals surface area (Å²) in [6.45, 7) is 10.8. The van der Waals surface area contributed by atoms with E-state index in [1.54, 1.807) is 6.21 Å². The monoisotopic (exact) mass is 432 g/mol. The van der Waals surface area contributed by atoms with Crippen molar-refractivity contribution in [3.8, 4) is 5.69 Å². The van der Waals surface area contributed by atoms with Crippen molar-refractivity contribution in [2.24, 2.45) is 16.4 Å². The number of hydrogen-bond acceptors (Lipinski definition) is 4. The SMILES string of the molecule is CCC(C)(C)C1CCc2[nH]nc(C(=O)N/N=C/c3c(C)nn(-c4ccccc4)c3C)c2C1. The quantitative estimate of drug-likeness (QED) is 0.443. The number of aryl methyl sites for hydroxylation is 2. The van der Waals surface area contributed by atoms with Crippen LogP contribution < -0.4 is 5.43 Å². The first-order valence-corrected chi connectivity index (χ1v) is 11.3. The van der Waals surface area contributed by atoms with E-state index in [1.165, 1.54) is 0 Å². The van der Waals surface area contributed by atoms with Gasteiger partial charge < -0.3 is 0 Å². The van der Waals surface area contributed by atoms with Crippen LogP contribution >= 0.6 is 0 Å². The smallest absolute Gasteiger partial charge is 0.281 e. The summed E-state index contributed by atoms with van der Waals surface area (Å²) in [5.74, 6) is 0.265. The molecule has 32 heavy (non-hydrogen) atoms. The predicted molar refractivity (Wildman–Crippen MR) is 126 cm³/mol. The molecule has 1 aliphatic rings. The van der Waals surface area contributed by atoms with Gasteiger partial charge >= 0.3 is 0 Å². The highest BCUT2D eigenvalue weighted by Crippen LogP contribution is 2.40. The molecule has 0 radical (unpaired) electrons.